The lowest BCUT2D eigenvalue weighted by molar-refractivity contribution is -0.116. The fraction of sp³-hybridized carbons (Fsp3) is 0.750. The zero-order chi connectivity index (χ0) is 14.5. The molecule has 1 heterocycles. The maximum atomic E-state index is 9.81. The molecule has 1 saturated carbocycles. The van der Waals surface area contributed by atoms with E-state index in [9.17, 15) is 4.79 Å². The van der Waals surface area contributed by atoms with Crippen molar-refractivity contribution < 1.29 is 4.79 Å². The first-order chi connectivity index (χ1) is 9.10. The van der Waals surface area contributed by atoms with Gasteiger partial charge in [0.2, 0.25) is 0 Å². The number of aryl methyl sites for hydroxylation is 2. The van der Waals surface area contributed by atoms with Gasteiger partial charge in [-0.1, -0.05) is 52.4 Å². The second-order valence-electron chi connectivity index (χ2n) is 5.02. The number of H-pyrrole nitrogens is 1. The van der Waals surface area contributed by atoms with Crippen molar-refractivity contribution in [2.45, 2.75) is 79.1 Å². The van der Waals surface area contributed by atoms with E-state index in [1.54, 1.807) is 6.92 Å². The second-order valence-corrected chi connectivity index (χ2v) is 5.02. The predicted octanol–water partition coefficient (Wildman–Crippen LogP) is 4.61. The van der Waals surface area contributed by atoms with E-state index in [2.05, 4.69) is 16.9 Å². The number of ketones is 1. The van der Waals surface area contributed by atoms with Gasteiger partial charge in [-0.25, -0.2) is 4.98 Å². The number of nitrogens with zero attached hydrogens (tertiary/aromatic N) is 1. The van der Waals surface area contributed by atoms with Crippen molar-refractivity contribution in [2.75, 3.05) is 0 Å². The fourth-order valence-electron chi connectivity index (χ4n) is 1.71. The van der Waals surface area contributed by atoms with E-state index in [4.69, 9.17) is 0 Å². The van der Waals surface area contributed by atoms with Crippen LogP contribution in [-0.4, -0.2) is 15.8 Å². The topological polar surface area (TPSA) is 45.8 Å². The average Bonchev–Trinajstić information content (AvgIpc) is 2.88. The van der Waals surface area contributed by atoms with Crippen LogP contribution in [0.15, 0.2) is 6.20 Å². The van der Waals surface area contributed by atoms with E-state index < -0.39 is 0 Å². The third-order valence-electron chi connectivity index (χ3n) is 3.09. The molecule has 1 N–H and O–H groups in total. The zero-order valence-electron chi connectivity index (χ0n) is 13.1. The van der Waals surface area contributed by atoms with E-state index in [1.807, 2.05) is 20.0 Å². The normalized spacial score (nSPS) is 13.7. The van der Waals surface area contributed by atoms with Crippen LogP contribution in [0.2, 0.25) is 0 Å². The maximum Gasteiger partial charge on any atom is 0.129 e. The van der Waals surface area contributed by atoms with E-state index in [0.29, 0.717) is 6.42 Å². The summed E-state index contributed by atoms with van der Waals surface area (Å²) < 4.78 is 0. The van der Waals surface area contributed by atoms with Gasteiger partial charge in [-0.15, -0.1) is 0 Å². The van der Waals surface area contributed by atoms with Gasteiger partial charge in [0, 0.05) is 19.0 Å². The summed E-state index contributed by atoms with van der Waals surface area (Å²) in [5.74, 6) is 1.33. The van der Waals surface area contributed by atoms with Crippen molar-refractivity contribution in [1.29, 1.82) is 0 Å². The number of hydrogen-bond donors (Lipinski definition) is 1. The third kappa shape index (κ3) is 11.7. The Hall–Kier alpha value is -1.12. The number of Topliss-reactive ketones (excluding diaryl/α,β-unsaturated/α-hetero) is 1. The molecule has 0 atom stereocenters. The number of carbonyl (C=O) groups is 1. The quantitative estimate of drug-likeness (QED) is 0.849. The minimum absolute atomic E-state index is 0.255. The van der Waals surface area contributed by atoms with Crippen molar-refractivity contribution in [3.8, 4) is 0 Å². The molecular weight excluding hydrogens is 236 g/mol. The van der Waals surface area contributed by atoms with Gasteiger partial charge < -0.3 is 9.78 Å². The number of rotatable bonds is 2. The van der Waals surface area contributed by atoms with Crippen LogP contribution in [-0.2, 0) is 11.2 Å². The number of carbonyl (C=O) groups excluding carboxylic acids is 1. The van der Waals surface area contributed by atoms with Gasteiger partial charge in [-0.05, 0) is 13.8 Å². The highest BCUT2D eigenvalue weighted by Crippen LogP contribution is 2.15. The van der Waals surface area contributed by atoms with Gasteiger partial charge in [0.1, 0.15) is 11.6 Å². The molecule has 2 rings (SSSR count). The summed E-state index contributed by atoms with van der Waals surface area (Å²) in [4.78, 5) is 17.0. The monoisotopic (exact) mass is 266 g/mol. The summed E-state index contributed by atoms with van der Waals surface area (Å²) >= 11 is 0. The molecule has 0 radical (unpaired) electrons. The Labute approximate surface area is 118 Å². The smallest absolute Gasteiger partial charge is 0.129 e. The molecule has 0 saturated heterocycles. The van der Waals surface area contributed by atoms with Crippen LogP contribution < -0.4 is 0 Å². The molecule has 0 unspecified atom stereocenters. The number of imidazole rings is 1. The van der Waals surface area contributed by atoms with Crippen LogP contribution in [0.1, 0.15) is 77.2 Å². The summed E-state index contributed by atoms with van der Waals surface area (Å²) in [6, 6.07) is 0. The number of hydrogen-bond acceptors (Lipinski definition) is 2. The standard InChI is InChI=1S/C6H10N2.C6H12.C4H8O/c1-3-6-7-4-5(2)8-6;1-2-4-6-5-3-1;1-3-4(2)5/h4H,3H2,1-2H3,(H,7,8);1-6H2;3H2,1-2H3. The molecule has 0 spiro atoms. The van der Waals surface area contributed by atoms with Gasteiger partial charge in [-0.2, -0.15) is 0 Å². The Morgan fingerprint density at radius 3 is 1.74 bits per heavy atom. The van der Waals surface area contributed by atoms with Crippen LogP contribution in [0.3, 0.4) is 0 Å². The Bertz CT molecular complexity index is 316. The van der Waals surface area contributed by atoms with Crippen molar-refractivity contribution in [1.82, 2.24) is 9.97 Å². The molecule has 1 fully saturated rings. The summed E-state index contributed by atoms with van der Waals surface area (Å²) in [6.45, 7) is 7.50. The zero-order valence-corrected chi connectivity index (χ0v) is 13.1. The first-order valence-corrected chi connectivity index (χ1v) is 7.60. The lowest BCUT2D eigenvalue weighted by atomic mass is 10.0. The molecule has 1 aromatic heterocycles. The lowest BCUT2D eigenvalue weighted by Gasteiger charge is -2.05. The van der Waals surface area contributed by atoms with Crippen LogP contribution in [0, 0.1) is 6.92 Å². The Morgan fingerprint density at radius 1 is 1.16 bits per heavy atom. The Balaban J connectivity index is 0.000000265. The van der Waals surface area contributed by atoms with Crippen LogP contribution >= 0.6 is 0 Å². The van der Waals surface area contributed by atoms with Crippen LogP contribution in [0.25, 0.3) is 0 Å². The second kappa shape index (κ2) is 11.9. The van der Waals surface area contributed by atoms with Crippen LogP contribution in [0.4, 0.5) is 0 Å². The maximum absolute atomic E-state index is 9.81. The molecule has 3 nitrogen and oxygen atoms in total. The van der Waals surface area contributed by atoms with E-state index >= 15 is 0 Å². The molecule has 0 aliphatic heterocycles. The van der Waals surface area contributed by atoms with Crippen molar-refractivity contribution >= 4 is 5.78 Å². The highest BCUT2D eigenvalue weighted by Gasteiger charge is 1.95. The summed E-state index contributed by atoms with van der Waals surface area (Å²) in [7, 11) is 0. The number of aromatic nitrogens is 2. The van der Waals surface area contributed by atoms with Crippen molar-refractivity contribution in [2.24, 2.45) is 0 Å². The minimum Gasteiger partial charge on any atom is -0.348 e. The molecule has 110 valence electrons. The molecule has 19 heavy (non-hydrogen) atoms. The van der Waals surface area contributed by atoms with Gasteiger partial charge >= 0.3 is 0 Å². The minimum atomic E-state index is 0.255. The molecule has 0 aromatic carbocycles. The lowest BCUT2D eigenvalue weighted by Crippen LogP contribution is -1.85. The molecule has 1 aromatic rings. The van der Waals surface area contributed by atoms with E-state index in [-0.39, 0.29) is 5.78 Å². The summed E-state index contributed by atoms with van der Waals surface area (Å²) in [6.07, 6.45) is 12.6. The summed E-state index contributed by atoms with van der Waals surface area (Å²) in [5, 5.41) is 0. The average molecular weight is 266 g/mol. The van der Waals surface area contributed by atoms with E-state index in [0.717, 1.165) is 17.9 Å². The first-order valence-electron chi connectivity index (χ1n) is 7.60. The van der Waals surface area contributed by atoms with Gasteiger partial charge in [0.25, 0.3) is 0 Å². The Kier molecular flexibility index (Phi) is 11.2. The Morgan fingerprint density at radius 2 is 1.58 bits per heavy atom. The van der Waals surface area contributed by atoms with Crippen molar-refractivity contribution in [3.63, 3.8) is 0 Å². The molecule has 0 amide bonds. The predicted molar refractivity (Wildman–Crippen MR) is 81.4 cm³/mol. The van der Waals surface area contributed by atoms with Gasteiger partial charge in [0.05, 0.1) is 5.69 Å². The number of aromatic amines is 1. The molecule has 0 bridgehead atoms. The highest BCUT2D eigenvalue weighted by atomic mass is 16.1. The van der Waals surface area contributed by atoms with Crippen molar-refractivity contribution in [3.05, 3.63) is 17.7 Å². The molecule has 3 heteroatoms. The van der Waals surface area contributed by atoms with Crippen LogP contribution in [0.5, 0.6) is 0 Å². The van der Waals surface area contributed by atoms with Gasteiger partial charge in [0.15, 0.2) is 0 Å². The summed E-state index contributed by atoms with van der Waals surface area (Å²) in [5.41, 5.74) is 1.07. The first kappa shape index (κ1) is 17.9. The molecular formula is C16H30N2O. The largest absolute Gasteiger partial charge is 0.348 e. The third-order valence-corrected chi connectivity index (χ3v) is 3.09. The molecule has 1 aliphatic rings. The highest BCUT2D eigenvalue weighted by molar-refractivity contribution is 5.74. The molecule has 1 aliphatic carbocycles. The SMILES string of the molecule is C1CCCCC1.CCC(C)=O.CCc1nc(C)c[nH]1. The fourth-order valence-corrected chi connectivity index (χ4v) is 1.71. The number of nitrogens with one attached hydrogen (secondary N) is 1. The van der Waals surface area contributed by atoms with Gasteiger partial charge in [-0.3, -0.25) is 0 Å². The van der Waals surface area contributed by atoms with E-state index in [1.165, 1.54) is 38.5 Å².